The van der Waals surface area contributed by atoms with E-state index in [2.05, 4.69) is 27.6 Å². The van der Waals surface area contributed by atoms with Crippen LogP contribution >= 0.6 is 23.1 Å². The summed E-state index contributed by atoms with van der Waals surface area (Å²) in [6, 6.07) is 0. The molecule has 0 bridgehead atoms. The van der Waals surface area contributed by atoms with Crippen molar-refractivity contribution in [3.8, 4) is 0 Å². The smallest absolute Gasteiger partial charge is 0.195 e. The summed E-state index contributed by atoms with van der Waals surface area (Å²) in [4.78, 5) is 7.81. The Bertz CT molecular complexity index is 462. The Kier molecular flexibility index (Phi) is 3.73. The third kappa shape index (κ3) is 2.05. The highest BCUT2D eigenvalue weighted by molar-refractivity contribution is 7.98. The van der Waals surface area contributed by atoms with Crippen molar-refractivity contribution in [2.75, 3.05) is 30.5 Å². The molecular formula is C10H16N4S2. The molecule has 0 aromatic carbocycles. The minimum atomic E-state index is 0.525. The second-order valence-corrected chi connectivity index (χ2v) is 5.41. The van der Waals surface area contributed by atoms with Crippen molar-refractivity contribution in [1.82, 2.24) is 9.38 Å². The van der Waals surface area contributed by atoms with Gasteiger partial charge in [0.1, 0.15) is 0 Å². The predicted octanol–water partition coefficient (Wildman–Crippen LogP) is 1.65. The molecule has 2 N–H and O–H groups in total. The molecule has 0 saturated heterocycles. The number of nitrogens with two attached hydrogens (primary N) is 1. The SMILES string of the molecule is CSCCN(C)c1nc2sccn2c1CN. The number of hydrogen-bond donors (Lipinski definition) is 1. The number of hydrogen-bond acceptors (Lipinski definition) is 5. The second-order valence-electron chi connectivity index (χ2n) is 3.56. The van der Waals surface area contributed by atoms with Crippen LogP contribution in [0.4, 0.5) is 5.82 Å². The van der Waals surface area contributed by atoms with E-state index in [0.717, 1.165) is 28.8 Å². The zero-order valence-corrected chi connectivity index (χ0v) is 11.1. The lowest BCUT2D eigenvalue weighted by molar-refractivity contribution is 0.905. The van der Waals surface area contributed by atoms with Crippen molar-refractivity contribution in [2.24, 2.45) is 5.73 Å². The van der Waals surface area contributed by atoms with Gasteiger partial charge < -0.3 is 10.6 Å². The zero-order valence-electron chi connectivity index (χ0n) is 9.51. The fourth-order valence-corrected chi connectivity index (χ4v) is 2.84. The number of fused-ring (bicyclic) bond motifs is 1. The van der Waals surface area contributed by atoms with E-state index in [-0.39, 0.29) is 0 Å². The predicted molar refractivity (Wildman–Crippen MR) is 72.6 cm³/mol. The molecule has 2 rings (SSSR count). The second kappa shape index (κ2) is 5.07. The molecule has 2 aromatic rings. The zero-order chi connectivity index (χ0) is 11.5. The largest absolute Gasteiger partial charge is 0.357 e. The number of rotatable bonds is 5. The molecule has 0 saturated carbocycles. The normalized spacial score (nSPS) is 11.2. The standard InChI is InChI=1S/C10H16N4S2/c1-13(3-5-15-2)9-8(7-11)14-4-6-16-10(14)12-9/h4,6H,3,5,7,11H2,1-2H3. The highest BCUT2D eigenvalue weighted by Crippen LogP contribution is 2.23. The molecule has 0 spiro atoms. The van der Waals surface area contributed by atoms with Gasteiger partial charge in [-0.3, -0.25) is 4.40 Å². The highest BCUT2D eigenvalue weighted by Gasteiger charge is 2.14. The fraction of sp³-hybridized carbons (Fsp3) is 0.500. The summed E-state index contributed by atoms with van der Waals surface area (Å²) in [5, 5.41) is 2.03. The fourth-order valence-electron chi connectivity index (χ4n) is 1.65. The summed E-state index contributed by atoms with van der Waals surface area (Å²) in [6.45, 7) is 1.52. The van der Waals surface area contributed by atoms with Gasteiger partial charge in [0.15, 0.2) is 10.8 Å². The Morgan fingerprint density at radius 2 is 2.44 bits per heavy atom. The van der Waals surface area contributed by atoms with Crippen LogP contribution in [0, 0.1) is 0 Å². The first-order valence-corrected chi connectivity index (χ1v) is 7.40. The van der Waals surface area contributed by atoms with E-state index in [1.54, 1.807) is 11.3 Å². The molecule has 0 fully saturated rings. The minimum Gasteiger partial charge on any atom is -0.357 e. The van der Waals surface area contributed by atoms with E-state index >= 15 is 0 Å². The van der Waals surface area contributed by atoms with Crippen LogP contribution in [0.5, 0.6) is 0 Å². The lowest BCUT2D eigenvalue weighted by Crippen LogP contribution is -2.22. The number of imidazole rings is 1. The number of thiazole rings is 1. The first-order valence-electron chi connectivity index (χ1n) is 5.12. The van der Waals surface area contributed by atoms with Crippen LogP contribution < -0.4 is 10.6 Å². The molecule has 0 atom stereocenters. The van der Waals surface area contributed by atoms with E-state index in [0.29, 0.717) is 6.54 Å². The van der Waals surface area contributed by atoms with Gasteiger partial charge in [0.05, 0.1) is 5.69 Å². The molecule has 0 aliphatic heterocycles. The van der Waals surface area contributed by atoms with Crippen LogP contribution in [-0.2, 0) is 6.54 Å². The Morgan fingerprint density at radius 3 is 3.12 bits per heavy atom. The van der Waals surface area contributed by atoms with Crippen LogP contribution in [0.3, 0.4) is 0 Å². The summed E-state index contributed by atoms with van der Waals surface area (Å²) in [7, 11) is 2.07. The van der Waals surface area contributed by atoms with E-state index < -0.39 is 0 Å². The topological polar surface area (TPSA) is 46.6 Å². The molecule has 4 nitrogen and oxygen atoms in total. The van der Waals surface area contributed by atoms with E-state index in [9.17, 15) is 0 Å². The summed E-state index contributed by atoms with van der Waals surface area (Å²) in [6.07, 6.45) is 4.14. The average Bonchev–Trinajstić information content (AvgIpc) is 2.84. The summed E-state index contributed by atoms with van der Waals surface area (Å²) in [5.74, 6) is 2.12. The van der Waals surface area contributed by atoms with Crippen molar-refractivity contribution >= 4 is 33.9 Å². The van der Waals surface area contributed by atoms with E-state index in [1.807, 2.05) is 23.3 Å². The maximum Gasteiger partial charge on any atom is 0.195 e. The van der Waals surface area contributed by atoms with Gasteiger partial charge in [-0.05, 0) is 6.26 Å². The average molecular weight is 256 g/mol. The Morgan fingerprint density at radius 1 is 1.62 bits per heavy atom. The first kappa shape index (κ1) is 11.8. The van der Waals surface area contributed by atoms with Crippen LogP contribution in [-0.4, -0.2) is 35.0 Å². The van der Waals surface area contributed by atoms with Crippen LogP contribution in [0.1, 0.15) is 5.69 Å². The van der Waals surface area contributed by atoms with Gasteiger partial charge in [0.2, 0.25) is 0 Å². The molecular weight excluding hydrogens is 240 g/mol. The van der Waals surface area contributed by atoms with Crippen molar-refractivity contribution in [1.29, 1.82) is 0 Å². The lowest BCUT2D eigenvalue weighted by Gasteiger charge is -2.17. The Labute approximate surface area is 103 Å². The van der Waals surface area contributed by atoms with Crippen LogP contribution in [0.2, 0.25) is 0 Å². The van der Waals surface area contributed by atoms with Crippen molar-refractivity contribution < 1.29 is 0 Å². The number of anilines is 1. The van der Waals surface area contributed by atoms with Gasteiger partial charge >= 0.3 is 0 Å². The molecule has 16 heavy (non-hydrogen) atoms. The lowest BCUT2D eigenvalue weighted by atomic mass is 10.4. The molecule has 6 heteroatoms. The van der Waals surface area contributed by atoms with Crippen molar-refractivity contribution in [3.05, 3.63) is 17.3 Å². The third-order valence-electron chi connectivity index (χ3n) is 2.53. The summed E-state index contributed by atoms with van der Waals surface area (Å²) in [5.41, 5.74) is 6.90. The maximum absolute atomic E-state index is 5.80. The molecule has 0 amide bonds. The molecule has 0 aliphatic rings. The summed E-state index contributed by atoms with van der Waals surface area (Å²) >= 11 is 3.49. The van der Waals surface area contributed by atoms with Crippen molar-refractivity contribution in [3.63, 3.8) is 0 Å². The van der Waals surface area contributed by atoms with Gasteiger partial charge in [-0.15, -0.1) is 11.3 Å². The molecule has 0 radical (unpaired) electrons. The van der Waals surface area contributed by atoms with Gasteiger partial charge in [-0.1, -0.05) is 0 Å². The molecule has 0 unspecified atom stereocenters. The van der Waals surface area contributed by atoms with Crippen LogP contribution in [0.15, 0.2) is 11.6 Å². The van der Waals surface area contributed by atoms with E-state index in [4.69, 9.17) is 5.73 Å². The van der Waals surface area contributed by atoms with Crippen LogP contribution in [0.25, 0.3) is 4.96 Å². The Balaban J connectivity index is 2.31. The van der Waals surface area contributed by atoms with Gasteiger partial charge in [-0.2, -0.15) is 11.8 Å². The minimum absolute atomic E-state index is 0.525. The molecule has 2 aromatic heterocycles. The van der Waals surface area contributed by atoms with Gasteiger partial charge in [0.25, 0.3) is 0 Å². The highest BCUT2D eigenvalue weighted by atomic mass is 32.2. The number of thioether (sulfide) groups is 1. The quantitative estimate of drug-likeness (QED) is 0.883. The Hall–Kier alpha value is -0.720. The number of nitrogens with zero attached hydrogens (tertiary/aromatic N) is 3. The van der Waals surface area contributed by atoms with Crippen molar-refractivity contribution in [2.45, 2.75) is 6.54 Å². The molecule has 2 heterocycles. The monoisotopic (exact) mass is 256 g/mol. The first-order chi connectivity index (χ1) is 7.77. The van der Waals surface area contributed by atoms with Gasteiger partial charge in [0, 0.05) is 37.5 Å². The molecule has 88 valence electrons. The van der Waals surface area contributed by atoms with E-state index in [1.165, 1.54) is 0 Å². The third-order valence-corrected chi connectivity index (χ3v) is 3.87. The number of aromatic nitrogens is 2. The summed E-state index contributed by atoms with van der Waals surface area (Å²) < 4.78 is 2.08. The maximum atomic E-state index is 5.80. The van der Waals surface area contributed by atoms with Gasteiger partial charge in [-0.25, -0.2) is 4.98 Å². The molecule has 0 aliphatic carbocycles.